The Labute approximate surface area is 243 Å². The van der Waals surface area contributed by atoms with E-state index >= 15 is 0 Å². The third-order valence-corrected chi connectivity index (χ3v) is 6.58. The van der Waals surface area contributed by atoms with Gasteiger partial charge in [0.1, 0.15) is 6.61 Å². The van der Waals surface area contributed by atoms with Crippen LogP contribution in [0.5, 0.6) is 0 Å². The molecule has 8 heteroatoms. The zero-order chi connectivity index (χ0) is 30.1. The van der Waals surface area contributed by atoms with E-state index in [0.717, 1.165) is 70.6 Å². The summed E-state index contributed by atoms with van der Waals surface area (Å²) in [6, 6.07) is -0.610. The molecule has 0 heterocycles. The Morgan fingerprint density at radius 3 is 2.02 bits per heavy atom. The summed E-state index contributed by atoms with van der Waals surface area (Å²) < 4.78 is 16.9. The van der Waals surface area contributed by atoms with Gasteiger partial charge in [-0.05, 0) is 38.5 Å². The standard InChI is InChI=1S/C32H57NO7/c1-6-8-10-11-12-13-14-15-16-17-18-19-21-23-31(35)40-28(27-39-30(34)22-20-9-7-2)26-38-25-24-29(32(36)37)33(3,4)5/h10-11,13-14,28-29H,6-9,12,15-27H2,1-5H3/p+1/b11-10-,14-13-. The molecule has 40 heavy (non-hydrogen) atoms. The molecule has 0 rings (SSSR count). The lowest BCUT2D eigenvalue weighted by Crippen LogP contribution is -2.50. The van der Waals surface area contributed by atoms with Crippen LogP contribution in [0, 0.1) is 0 Å². The van der Waals surface area contributed by atoms with Gasteiger partial charge in [-0.1, -0.05) is 76.7 Å². The molecule has 0 amide bonds. The van der Waals surface area contributed by atoms with E-state index in [-0.39, 0.29) is 36.2 Å². The summed E-state index contributed by atoms with van der Waals surface area (Å²) in [6.45, 7) is 4.45. The van der Waals surface area contributed by atoms with Gasteiger partial charge in [0.2, 0.25) is 0 Å². The van der Waals surface area contributed by atoms with Crippen LogP contribution >= 0.6 is 0 Å². The number of ether oxygens (including phenoxy) is 3. The lowest BCUT2D eigenvalue weighted by molar-refractivity contribution is -0.887. The molecular weight excluding hydrogens is 510 g/mol. The number of hydrogen-bond donors (Lipinski definition) is 1. The number of hydrogen-bond acceptors (Lipinski definition) is 6. The Bertz CT molecular complexity index is 727. The first-order chi connectivity index (χ1) is 19.1. The number of nitrogens with zero attached hydrogens (tertiary/aromatic N) is 1. The lowest BCUT2D eigenvalue weighted by Gasteiger charge is -2.31. The number of carboxylic acid groups (broad SMARTS) is 1. The molecule has 0 saturated carbocycles. The fourth-order valence-corrected chi connectivity index (χ4v) is 4.13. The molecule has 0 aliphatic carbocycles. The Balaban J connectivity index is 4.40. The molecule has 232 valence electrons. The molecule has 8 nitrogen and oxygen atoms in total. The molecule has 2 unspecified atom stereocenters. The first-order valence-electron chi connectivity index (χ1n) is 15.4. The number of likely N-dealkylation sites (N-methyl/N-ethyl adjacent to an activating group) is 1. The number of allylic oxidation sites excluding steroid dienone is 4. The zero-order valence-electron chi connectivity index (χ0n) is 26.0. The first kappa shape index (κ1) is 37.8. The molecule has 1 N–H and O–H groups in total. The molecule has 0 aromatic rings. The van der Waals surface area contributed by atoms with Gasteiger partial charge in [-0.2, -0.15) is 0 Å². The second-order valence-electron chi connectivity index (χ2n) is 11.4. The van der Waals surface area contributed by atoms with Crippen LogP contribution in [0.25, 0.3) is 0 Å². The smallest absolute Gasteiger partial charge is 0.362 e. The molecule has 0 aliphatic heterocycles. The fourth-order valence-electron chi connectivity index (χ4n) is 4.13. The lowest BCUT2D eigenvalue weighted by atomic mass is 10.1. The van der Waals surface area contributed by atoms with Gasteiger partial charge >= 0.3 is 17.9 Å². The van der Waals surface area contributed by atoms with Crippen molar-refractivity contribution in [3.05, 3.63) is 24.3 Å². The second kappa shape index (κ2) is 24.6. The average Bonchev–Trinajstić information content (AvgIpc) is 2.88. The Hall–Kier alpha value is -2.19. The second-order valence-corrected chi connectivity index (χ2v) is 11.4. The predicted octanol–water partition coefficient (Wildman–Crippen LogP) is 6.62. The summed E-state index contributed by atoms with van der Waals surface area (Å²) in [5, 5.41) is 9.49. The van der Waals surface area contributed by atoms with E-state index in [1.807, 2.05) is 21.1 Å². The first-order valence-corrected chi connectivity index (χ1v) is 15.4. The summed E-state index contributed by atoms with van der Waals surface area (Å²) in [6.07, 6.45) is 21.4. The molecule has 0 aliphatic rings. The summed E-state index contributed by atoms with van der Waals surface area (Å²) in [7, 11) is 5.48. The fraction of sp³-hybridized carbons (Fsp3) is 0.781. The van der Waals surface area contributed by atoms with Crippen molar-refractivity contribution in [3.8, 4) is 0 Å². The van der Waals surface area contributed by atoms with Crippen LogP contribution in [0.3, 0.4) is 0 Å². The van der Waals surface area contributed by atoms with E-state index in [1.54, 1.807) is 0 Å². The minimum atomic E-state index is -0.883. The number of rotatable bonds is 26. The highest BCUT2D eigenvalue weighted by atomic mass is 16.6. The quantitative estimate of drug-likeness (QED) is 0.0542. The molecule has 0 aromatic carbocycles. The van der Waals surface area contributed by atoms with Gasteiger partial charge in [0.05, 0.1) is 34.4 Å². The molecule has 0 radical (unpaired) electrons. The van der Waals surface area contributed by atoms with Gasteiger partial charge in [0, 0.05) is 19.3 Å². The number of quaternary nitrogens is 1. The Morgan fingerprint density at radius 2 is 1.38 bits per heavy atom. The summed E-state index contributed by atoms with van der Waals surface area (Å²) >= 11 is 0. The van der Waals surface area contributed by atoms with Crippen molar-refractivity contribution in [1.82, 2.24) is 0 Å². The molecule has 2 atom stereocenters. The number of esters is 2. The number of carboxylic acids is 1. The maximum Gasteiger partial charge on any atom is 0.362 e. The minimum Gasteiger partial charge on any atom is -0.477 e. The predicted molar refractivity (Wildman–Crippen MR) is 160 cm³/mol. The van der Waals surface area contributed by atoms with E-state index in [4.69, 9.17) is 14.2 Å². The van der Waals surface area contributed by atoms with Gasteiger partial charge < -0.3 is 23.8 Å². The molecule has 0 aromatic heterocycles. The van der Waals surface area contributed by atoms with Crippen LogP contribution in [0.15, 0.2) is 24.3 Å². The largest absolute Gasteiger partial charge is 0.477 e. The highest BCUT2D eigenvalue weighted by Gasteiger charge is 2.31. The van der Waals surface area contributed by atoms with Crippen molar-refractivity contribution in [2.45, 2.75) is 122 Å². The molecule has 0 saturated heterocycles. The van der Waals surface area contributed by atoms with Crippen molar-refractivity contribution in [1.29, 1.82) is 0 Å². The van der Waals surface area contributed by atoms with E-state index < -0.39 is 18.1 Å². The van der Waals surface area contributed by atoms with Crippen molar-refractivity contribution < 1.29 is 38.2 Å². The van der Waals surface area contributed by atoms with Gasteiger partial charge in [0.15, 0.2) is 12.1 Å². The highest BCUT2D eigenvalue weighted by molar-refractivity contribution is 5.72. The maximum absolute atomic E-state index is 12.5. The monoisotopic (exact) mass is 568 g/mol. The van der Waals surface area contributed by atoms with Gasteiger partial charge in [0.25, 0.3) is 0 Å². The minimum absolute atomic E-state index is 0.0549. The Kier molecular flexibility index (Phi) is 23.2. The highest BCUT2D eigenvalue weighted by Crippen LogP contribution is 2.11. The van der Waals surface area contributed by atoms with Crippen LogP contribution < -0.4 is 0 Å². The average molecular weight is 569 g/mol. The summed E-state index contributed by atoms with van der Waals surface area (Å²) in [5.74, 6) is -1.52. The van der Waals surface area contributed by atoms with Crippen LogP contribution in [0.2, 0.25) is 0 Å². The number of carbonyl (C=O) groups is 3. The third-order valence-electron chi connectivity index (χ3n) is 6.58. The van der Waals surface area contributed by atoms with E-state index in [2.05, 4.69) is 38.2 Å². The SMILES string of the molecule is CCC/C=C\C/C=C\CCCCCCCC(=O)OC(COCCC(C(=O)O)[N+](C)(C)C)COC(=O)CCCCC. The van der Waals surface area contributed by atoms with Crippen molar-refractivity contribution in [2.75, 3.05) is 41.0 Å². The normalized spacial score (nSPS) is 13.5. The van der Waals surface area contributed by atoms with Crippen molar-refractivity contribution in [2.24, 2.45) is 0 Å². The summed E-state index contributed by atoms with van der Waals surface area (Å²) in [5.41, 5.74) is 0. The summed E-state index contributed by atoms with van der Waals surface area (Å²) in [4.78, 5) is 36.1. The molecule has 0 fully saturated rings. The zero-order valence-corrected chi connectivity index (χ0v) is 26.0. The van der Waals surface area contributed by atoms with Gasteiger partial charge in [-0.3, -0.25) is 9.59 Å². The third kappa shape index (κ3) is 22.6. The van der Waals surface area contributed by atoms with Crippen LogP contribution in [0.1, 0.15) is 110 Å². The number of aliphatic carboxylic acids is 1. The van der Waals surface area contributed by atoms with Crippen LogP contribution in [-0.4, -0.2) is 80.6 Å². The number of carbonyl (C=O) groups excluding carboxylic acids is 2. The van der Waals surface area contributed by atoms with Crippen LogP contribution in [0.4, 0.5) is 0 Å². The van der Waals surface area contributed by atoms with Crippen molar-refractivity contribution in [3.63, 3.8) is 0 Å². The number of unbranched alkanes of at least 4 members (excludes halogenated alkanes) is 8. The van der Waals surface area contributed by atoms with Crippen molar-refractivity contribution >= 4 is 17.9 Å². The van der Waals surface area contributed by atoms with E-state index in [1.165, 1.54) is 6.42 Å². The van der Waals surface area contributed by atoms with Gasteiger partial charge in [-0.15, -0.1) is 0 Å². The molecular formula is C32H58NO7+. The topological polar surface area (TPSA) is 99.1 Å². The molecule has 0 spiro atoms. The van der Waals surface area contributed by atoms with Crippen LogP contribution in [-0.2, 0) is 28.6 Å². The van der Waals surface area contributed by atoms with E-state index in [0.29, 0.717) is 19.3 Å². The Morgan fingerprint density at radius 1 is 0.750 bits per heavy atom. The van der Waals surface area contributed by atoms with E-state index in [9.17, 15) is 19.5 Å². The maximum atomic E-state index is 12.5. The van der Waals surface area contributed by atoms with Gasteiger partial charge in [-0.25, -0.2) is 4.79 Å². The molecule has 0 bridgehead atoms.